The molecule has 0 N–H and O–H groups in total. The molecule has 0 bridgehead atoms. The van der Waals surface area contributed by atoms with Gasteiger partial charge in [0.2, 0.25) is 5.65 Å². The number of fused-ring (bicyclic) bond motifs is 1. The van der Waals surface area contributed by atoms with Crippen LogP contribution >= 0.6 is 7.81 Å². The van der Waals surface area contributed by atoms with Crippen LogP contribution in [0.3, 0.4) is 0 Å². The Morgan fingerprint density at radius 2 is 1.65 bits per heavy atom. The van der Waals surface area contributed by atoms with Gasteiger partial charge >= 0.3 is 39.0 Å². The zero-order valence-corrected chi connectivity index (χ0v) is 16.7. The van der Waals surface area contributed by atoms with Crippen molar-refractivity contribution in [2.24, 2.45) is 0 Å². The van der Waals surface area contributed by atoms with Gasteiger partial charge in [-0.25, -0.2) is 14.5 Å². The molecule has 0 aliphatic carbocycles. The van der Waals surface area contributed by atoms with E-state index in [1.54, 1.807) is 6.20 Å². The Morgan fingerprint density at radius 1 is 1.15 bits per heavy atom. The van der Waals surface area contributed by atoms with Crippen LogP contribution in [0.2, 0.25) is 5.79 Å². The molecule has 0 fully saturated rings. The van der Waals surface area contributed by atoms with Gasteiger partial charge in [-0.15, -0.1) is 10.9 Å². The molecular formula is C11H18AlF6N6OP. The van der Waals surface area contributed by atoms with Crippen molar-refractivity contribution in [2.45, 2.75) is 5.79 Å². The van der Waals surface area contributed by atoms with E-state index in [4.69, 9.17) is 4.84 Å². The summed E-state index contributed by atoms with van der Waals surface area (Å²) in [5, 5.41) is 7.87. The van der Waals surface area contributed by atoms with Gasteiger partial charge in [-0.2, -0.15) is 0 Å². The summed E-state index contributed by atoms with van der Waals surface area (Å²) < 4.78 is 61.0. The summed E-state index contributed by atoms with van der Waals surface area (Å²) in [6.07, 6.45) is 1.68. The second-order valence-corrected chi connectivity index (χ2v) is 6.85. The van der Waals surface area contributed by atoms with Gasteiger partial charge in [0.1, 0.15) is 21.8 Å². The maximum atomic E-state index is 9.87. The van der Waals surface area contributed by atoms with Crippen molar-refractivity contribution in [1.82, 2.24) is 25.0 Å². The molecule has 0 amide bonds. The normalized spacial score (nSPS) is 13.2. The molecule has 148 valence electrons. The molecule has 2 aromatic rings. The van der Waals surface area contributed by atoms with Crippen LogP contribution in [0.4, 0.5) is 25.2 Å². The van der Waals surface area contributed by atoms with E-state index in [1.165, 1.54) is 4.85 Å². The molecule has 2 aromatic heterocycles. The van der Waals surface area contributed by atoms with Gasteiger partial charge in [-0.1, -0.05) is 0 Å². The van der Waals surface area contributed by atoms with Crippen LogP contribution in [0.5, 0.6) is 0 Å². The van der Waals surface area contributed by atoms with E-state index < -0.39 is 7.81 Å². The molecule has 2 heterocycles. The minimum absolute atomic E-state index is 0.591. The first kappa shape index (κ1) is 24.4. The quantitative estimate of drug-likeness (QED) is 0.177. The molecule has 2 radical (unpaired) electrons. The fourth-order valence-corrected chi connectivity index (χ4v) is 1.45. The standard InChI is InChI=1S/C10H15N6O.CH3.Al.F6P/c1-14(2)10(15(3)4)17-16-9-8(12-13-16)6-5-7-11-9;;;1-7(2,3,4,5)6/h5-7H,1-4H3;1H3;;/q+1;;;-1. The fraction of sp³-hybridized carbons (Fsp3) is 0.455. The molecule has 26 heavy (non-hydrogen) atoms. The van der Waals surface area contributed by atoms with Crippen molar-refractivity contribution in [2.75, 3.05) is 28.2 Å². The Bertz CT molecular complexity index is 748. The Hall–Kier alpha value is -1.64. The number of hydrogen-bond donors (Lipinski definition) is 0. The second-order valence-electron chi connectivity index (χ2n) is 4.93. The maximum absolute atomic E-state index is 10.7. The van der Waals surface area contributed by atoms with Gasteiger partial charge in [0, 0.05) is 6.20 Å². The molecule has 0 saturated heterocycles. The molecule has 2 rings (SSSR count). The summed E-state index contributed by atoms with van der Waals surface area (Å²) in [4.78, 5) is 13.0. The summed E-state index contributed by atoms with van der Waals surface area (Å²) >= 11 is 2.42. The number of rotatable bonds is 1. The number of nitrogens with zero attached hydrogens (tertiary/aromatic N) is 6. The summed E-state index contributed by atoms with van der Waals surface area (Å²) in [7, 11) is -3.09. The molecule has 15 heteroatoms. The summed E-state index contributed by atoms with van der Waals surface area (Å²) in [6.45, 7) is 0. The monoisotopic (exact) mass is 422 g/mol. The van der Waals surface area contributed by atoms with Gasteiger partial charge in [-0.3, -0.25) is 4.84 Å². The third kappa shape index (κ3) is 11.1. The summed E-state index contributed by atoms with van der Waals surface area (Å²) in [5.74, 6) is 1.92. The largest absolute Gasteiger partial charge is 0.128 e. The Labute approximate surface area is 153 Å². The second kappa shape index (κ2) is 7.94. The van der Waals surface area contributed by atoms with Gasteiger partial charge in [-0.05, 0) is 22.2 Å². The summed E-state index contributed by atoms with van der Waals surface area (Å²) in [5.41, 5.74) is 1.29. The van der Waals surface area contributed by atoms with Crippen LogP contribution < -0.4 is 4.84 Å². The van der Waals surface area contributed by atoms with E-state index >= 15 is 0 Å². The van der Waals surface area contributed by atoms with E-state index in [-0.39, 0.29) is 0 Å². The molecule has 0 saturated carbocycles. The first-order valence-electron chi connectivity index (χ1n) is 6.75. The molecule has 7 nitrogen and oxygen atoms in total. The van der Waals surface area contributed by atoms with Crippen LogP contribution in [0.15, 0.2) is 18.3 Å². The van der Waals surface area contributed by atoms with Crippen LogP contribution in [0.1, 0.15) is 0 Å². The van der Waals surface area contributed by atoms with Crippen molar-refractivity contribution in [3.63, 3.8) is 0 Å². The molecular weight excluding hydrogens is 404 g/mol. The van der Waals surface area contributed by atoms with Crippen LogP contribution in [-0.4, -0.2) is 80.1 Å². The van der Waals surface area contributed by atoms with Crippen LogP contribution in [0, 0.1) is 0 Å². The molecule has 0 aliphatic heterocycles. The van der Waals surface area contributed by atoms with Crippen molar-refractivity contribution in [3.05, 3.63) is 18.3 Å². The molecule has 0 aromatic carbocycles. The number of pyridine rings is 1. The van der Waals surface area contributed by atoms with E-state index in [0.717, 1.165) is 0 Å². The SMILES string of the molecule is CN(C)C(On1nnc2cccnc21)=[N+](C)C.F[P-](F)(F)(F)(F)F.[CH3][Al]. The van der Waals surface area contributed by atoms with Crippen molar-refractivity contribution in [3.8, 4) is 0 Å². The van der Waals surface area contributed by atoms with Gasteiger partial charge in [0.05, 0.1) is 28.2 Å². The maximum Gasteiger partial charge on any atom is 0.112 e. The van der Waals surface area contributed by atoms with Gasteiger partial charge < -0.3 is 0 Å². The summed E-state index contributed by atoms with van der Waals surface area (Å²) in [6, 6.07) is 4.28. The number of aromatic nitrogens is 4. The van der Waals surface area contributed by atoms with Gasteiger partial charge in [0.15, 0.2) is 0 Å². The average molecular weight is 422 g/mol. The Balaban J connectivity index is 0.000000589. The third-order valence-corrected chi connectivity index (χ3v) is 2.11. The van der Waals surface area contributed by atoms with E-state index in [9.17, 15) is 25.2 Å². The number of halogens is 6. The predicted octanol–water partition coefficient (Wildman–Crippen LogP) is 3.03. The van der Waals surface area contributed by atoms with E-state index in [1.807, 2.05) is 55.6 Å². The number of hydrogen-bond acceptors (Lipinski definition) is 4. The third-order valence-electron chi connectivity index (χ3n) is 2.11. The zero-order valence-electron chi connectivity index (χ0n) is 14.6. The van der Waals surface area contributed by atoms with Crippen molar-refractivity contribution < 1.29 is 34.6 Å². The van der Waals surface area contributed by atoms with Crippen molar-refractivity contribution in [1.29, 1.82) is 0 Å². The zero-order chi connectivity index (χ0) is 20.8. The molecule has 0 aliphatic rings. The van der Waals surface area contributed by atoms with Gasteiger partial charge in [0.25, 0.3) is 0 Å². The minimum Gasteiger partial charge on any atom is -0.128 e. The number of amidine groups is 1. The molecule has 0 atom stereocenters. The average Bonchev–Trinajstić information content (AvgIpc) is 2.86. The smallest absolute Gasteiger partial charge is 0.112 e. The van der Waals surface area contributed by atoms with Crippen LogP contribution in [0.25, 0.3) is 11.2 Å². The topological polar surface area (TPSA) is 59.1 Å². The Kier molecular flexibility index (Phi) is 7.44. The minimum atomic E-state index is -10.7. The van der Waals surface area contributed by atoms with Crippen molar-refractivity contribution >= 4 is 41.3 Å². The molecule has 0 spiro atoms. The van der Waals surface area contributed by atoms with Crippen LogP contribution in [-0.2, 0) is 0 Å². The van der Waals surface area contributed by atoms with E-state index in [0.29, 0.717) is 17.2 Å². The first-order chi connectivity index (χ1) is 11.5. The Morgan fingerprint density at radius 3 is 2.08 bits per heavy atom. The first-order valence-corrected chi connectivity index (χ1v) is 9.93. The molecule has 0 unspecified atom stereocenters. The fourth-order valence-electron chi connectivity index (χ4n) is 1.45. The van der Waals surface area contributed by atoms with E-state index in [2.05, 4.69) is 31.6 Å². The predicted molar refractivity (Wildman–Crippen MR) is 87.9 cm³/mol.